The number of likely N-dealkylation sites (tertiary alicyclic amines) is 1. The minimum absolute atomic E-state index is 0.0547. The summed E-state index contributed by atoms with van der Waals surface area (Å²) in [4.78, 5) is 30.7. The topological polar surface area (TPSA) is 101 Å². The molecule has 0 saturated carbocycles. The van der Waals surface area contributed by atoms with Crippen molar-refractivity contribution in [2.24, 2.45) is 0 Å². The maximum atomic E-state index is 12.3. The van der Waals surface area contributed by atoms with Gasteiger partial charge in [0.15, 0.2) is 5.76 Å². The standard InChI is InChI=1S/C22H24N4O4/c1-15-4-6-16(7-5-15)21-24-20(30-25-21)9-8-19(27)23-17-10-12-26(13-11-17)22(28)18-3-2-14-29-18/h2-7,14,17H,8-13H2,1H3,(H,23,27). The van der Waals surface area contributed by atoms with Gasteiger partial charge in [-0.1, -0.05) is 35.0 Å². The van der Waals surface area contributed by atoms with Crippen LogP contribution < -0.4 is 5.32 Å². The van der Waals surface area contributed by atoms with E-state index in [1.807, 2.05) is 31.2 Å². The van der Waals surface area contributed by atoms with E-state index in [0.717, 1.165) is 24.0 Å². The number of nitrogens with one attached hydrogen (secondary N) is 1. The molecule has 1 saturated heterocycles. The number of rotatable bonds is 6. The molecule has 0 radical (unpaired) electrons. The Balaban J connectivity index is 1.21. The van der Waals surface area contributed by atoms with Gasteiger partial charge in [-0.15, -0.1) is 0 Å². The van der Waals surface area contributed by atoms with Gasteiger partial charge in [0.05, 0.1) is 6.26 Å². The zero-order chi connectivity index (χ0) is 20.9. The number of aromatic nitrogens is 2. The summed E-state index contributed by atoms with van der Waals surface area (Å²) in [6.45, 7) is 3.20. The number of nitrogens with zero attached hydrogens (tertiary/aromatic N) is 3. The lowest BCUT2D eigenvalue weighted by Crippen LogP contribution is -2.46. The molecule has 8 nitrogen and oxygen atoms in total. The van der Waals surface area contributed by atoms with Crippen molar-refractivity contribution in [3.05, 3.63) is 59.9 Å². The number of hydrogen-bond acceptors (Lipinski definition) is 6. The highest BCUT2D eigenvalue weighted by Gasteiger charge is 2.25. The Bertz CT molecular complexity index is 987. The van der Waals surface area contributed by atoms with Crippen LogP contribution in [0.1, 0.15) is 41.3 Å². The summed E-state index contributed by atoms with van der Waals surface area (Å²) >= 11 is 0. The van der Waals surface area contributed by atoms with Crippen molar-refractivity contribution in [2.45, 2.75) is 38.6 Å². The Morgan fingerprint density at radius 3 is 2.63 bits per heavy atom. The lowest BCUT2D eigenvalue weighted by Gasteiger charge is -2.31. The Morgan fingerprint density at radius 2 is 1.93 bits per heavy atom. The van der Waals surface area contributed by atoms with E-state index in [0.29, 0.717) is 37.0 Å². The number of hydrogen-bond donors (Lipinski definition) is 1. The fourth-order valence-corrected chi connectivity index (χ4v) is 3.48. The maximum absolute atomic E-state index is 12.3. The van der Waals surface area contributed by atoms with Gasteiger partial charge in [-0.2, -0.15) is 4.98 Å². The summed E-state index contributed by atoms with van der Waals surface area (Å²) in [5.74, 6) is 1.16. The number of benzene rings is 1. The van der Waals surface area contributed by atoms with Crippen molar-refractivity contribution in [1.82, 2.24) is 20.4 Å². The predicted molar refractivity (Wildman–Crippen MR) is 109 cm³/mol. The van der Waals surface area contributed by atoms with E-state index in [-0.39, 0.29) is 24.3 Å². The Hall–Kier alpha value is -3.42. The van der Waals surface area contributed by atoms with E-state index in [1.54, 1.807) is 17.0 Å². The van der Waals surface area contributed by atoms with Crippen LogP contribution >= 0.6 is 0 Å². The molecule has 1 fully saturated rings. The number of aryl methyl sites for hydroxylation is 2. The fourth-order valence-electron chi connectivity index (χ4n) is 3.48. The highest BCUT2D eigenvalue weighted by atomic mass is 16.5. The molecule has 1 aromatic carbocycles. The molecule has 0 aliphatic carbocycles. The van der Waals surface area contributed by atoms with Crippen LogP contribution in [0.5, 0.6) is 0 Å². The fraction of sp³-hybridized carbons (Fsp3) is 0.364. The summed E-state index contributed by atoms with van der Waals surface area (Å²) in [5.41, 5.74) is 2.05. The first kappa shape index (κ1) is 19.9. The molecule has 2 aromatic heterocycles. The molecule has 0 spiro atoms. The zero-order valence-electron chi connectivity index (χ0n) is 16.8. The number of furan rings is 1. The predicted octanol–water partition coefficient (Wildman–Crippen LogP) is 2.99. The maximum Gasteiger partial charge on any atom is 0.289 e. The van der Waals surface area contributed by atoms with Gasteiger partial charge >= 0.3 is 0 Å². The molecule has 2 amide bonds. The van der Waals surface area contributed by atoms with E-state index < -0.39 is 0 Å². The minimum atomic E-state index is -0.106. The molecule has 4 rings (SSSR count). The SMILES string of the molecule is Cc1ccc(-c2noc(CCC(=O)NC3CCN(C(=O)c4ccco4)CC3)n2)cc1. The molecule has 0 unspecified atom stereocenters. The van der Waals surface area contributed by atoms with Crippen LogP contribution in [0.25, 0.3) is 11.4 Å². The molecule has 156 valence electrons. The van der Waals surface area contributed by atoms with Gasteiger partial charge in [0.2, 0.25) is 17.6 Å². The first-order valence-corrected chi connectivity index (χ1v) is 10.1. The highest BCUT2D eigenvalue weighted by molar-refractivity contribution is 5.91. The monoisotopic (exact) mass is 408 g/mol. The number of carbonyl (C=O) groups is 2. The van der Waals surface area contributed by atoms with Gasteiger partial charge in [-0.3, -0.25) is 9.59 Å². The van der Waals surface area contributed by atoms with Crippen LogP contribution in [0.15, 0.2) is 51.6 Å². The second-order valence-corrected chi connectivity index (χ2v) is 7.49. The van der Waals surface area contributed by atoms with E-state index in [9.17, 15) is 9.59 Å². The van der Waals surface area contributed by atoms with Crippen LogP contribution in [-0.4, -0.2) is 46.0 Å². The second-order valence-electron chi connectivity index (χ2n) is 7.49. The lowest BCUT2D eigenvalue weighted by atomic mass is 10.0. The van der Waals surface area contributed by atoms with Crippen LogP contribution in [0, 0.1) is 6.92 Å². The van der Waals surface area contributed by atoms with Gasteiger partial charge < -0.3 is 19.2 Å². The quantitative estimate of drug-likeness (QED) is 0.673. The third-order valence-electron chi connectivity index (χ3n) is 5.22. The average Bonchev–Trinajstić information content (AvgIpc) is 3.45. The lowest BCUT2D eigenvalue weighted by molar-refractivity contribution is -0.122. The van der Waals surface area contributed by atoms with Crippen LogP contribution in [0.3, 0.4) is 0 Å². The van der Waals surface area contributed by atoms with Crippen LogP contribution in [0.2, 0.25) is 0 Å². The van der Waals surface area contributed by atoms with Crippen LogP contribution in [0.4, 0.5) is 0 Å². The van der Waals surface area contributed by atoms with Crippen molar-refractivity contribution in [2.75, 3.05) is 13.1 Å². The molecule has 1 N–H and O–H groups in total. The molecule has 3 heterocycles. The normalized spacial score (nSPS) is 14.6. The molecule has 8 heteroatoms. The Morgan fingerprint density at radius 1 is 1.17 bits per heavy atom. The largest absolute Gasteiger partial charge is 0.459 e. The van der Waals surface area contributed by atoms with Crippen LogP contribution in [-0.2, 0) is 11.2 Å². The molecule has 3 aromatic rings. The summed E-state index contributed by atoms with van der Waals surface area (Å²) in [6.07, 6.45) is 3.60. The van der Waals surface area contributed by atoms with Gasteiger partial charge in [-0.25, -0.2) is 0 Å². The number of carbonyl (C=O) groups excluding carboxylic acids is 2. The summed E-state index contributed by atoms with van der Waals surface area (Å²) in [6, 6.07) is 11.3. The highest BCUT2D eigenvalue weighted by Crippen LogP contribution is 2.17. The Labute approximate surface area is 174 Å². The minimum Gasteiger partial charge on any atom is -0.459 e. The van der Waals surface area contributed by atoms with Crippen molar-refractivity contribution in [3.8, 4) is 11.4 Å². The number of piperidine rings is 1. The average molecular weight is 408 g/mol. The van der Waals surface area contributed by atoms with Crippen molar-refractivity contribution in [3.63, 3.8) is 0 Å². The first-order valence-electron chi connectivity index (χ1n) is 10.1. The molecule has 1 aliphatic heterocycles. The molecular formula is C22H24N4O4. The zero-order valence-corrected chi connectivity index (χ0v) is 16.8. The molecule has 0 atom stereocenters. The van der Waals surface area contributed by atoms with E-state index in [4.69, 9.17) is 8.94 Å². The number of amides is 2. The van der Waals surface area contributed by atoms with Crippen molar-refractivity contribution < 1.29 is 18.5 Å². The van der Waals surface area contributed by atoms with Crippen molar-refractivity contribution >= 4 is 11.8 Å². The molecular weight excluding hydrogens is 384 g/mol. The van der Waals surface area contributed by atoms with Gasteiger partial charge in [0.25, 0.3) is 5.91 Å². The second kappa shape index (κ2) is 8.94. The first-order chi connectivity index (χ1) is 14.6. The summed E-state index contributed by atoms with van der Waals surface area (Å²) in [5, 5.41) is 7.03. The third kappa shape index (κ3) is 4.76. The van der Waals surface area contributed by atoms with E-state index in [1.165, 1.54) is 6.26 Å². The van der Waals surface area contributed by atoms with Gasteiger partial charge in [0.1, 0.15) is 0 Å². The molecule has 30 heavy (non-hydrogen) atoms. The van der Waals surface area contributed by atoms with E-state index in [2.05, 4.69) is 15.5 Å². The third-order valence-corrected chi connectivity index (χ3v) is 5.22. The smallest absolute Gasteiger partial charge is 0.289 e. The molecule has 0 bridgehead atoms. The van der Waals surface area contributed by atoms with Crippen molar-refractivity contribution in [1.29, 1.82) is 0 Å². The molecule has 1 aliphatic rings. The van der Waals surface area contributed by atoms with Gasteiger partial charge in [-0.05, 0) is 31.9 Å². The van der Waals surface area contributed by atoms with E-state index >= 15 is 0 Å². The summed E-state index contributed by atoms with van der Waals surface area (Å²) < 4.78 is 10.4. The Kier molecular flexibility index (Phi) is 5.92. The van der Waals surface area contributed by atoms with Gasteiger partial charge in [0, 0.05) is 37.5 Å². The summed E-state index contributed by atoms with van der Waals surface area (Å²) in [7, 11) is 0.